The van der Waals surface area contributed by atoms with Crippen molar-refractivity contribution in [1.82, 2.24) is 9.97 Å². The summed E-state index contributed by atoms with van der Waals surface area (Å²) in [6, 6.07) is 6.16. The van der Waals surface area contributed by atoms with Crippen molar-refractivity contribution < 1.29 is 0 Å². The molecule has 2 aromatic heterocycles. The molecule has 0 unspecified atom stereocenters. The van der Waals surface area contributed by atoms with Gasteiger partial charge in [-0.25, -0.2) is 9.97 Å². The van der Waals surface area contributed by atoms with E-state index in [1.807, 2.05) is 20.0 Å². The van der Waals surface area contributed by atoms with Crippen LogP contribution in [0.5, 0.6) is 0 Å². The number of rotatable bonds is 5. The van der Waals surface area contributed by atoms with Crippen LogP contribution in [-0.4, -0.2) is 17.0 Å². The van der Waals surface area contributed by atoms with Crippen LogP contribution >= 0.6 is 0 Å². The Balaban J connectivity index is 2.70. The molecule has 2 heterocycles. The predicted molar refractivity (Wildman–Crippen MR) is 99.6 cm³/mol. The smallest absolute Gasteiger partial charge is 0.135 e. The van der Waals surface area contributed by atoms with E-state index < -0.39 is 0 Å². The van der Waals surface area contributed by atoms with Gasteiger partial charge >= 0.3 is 0 Å². The first-order valence-corrected chi connectivity index (χ1v) is 8.03. The van der Waals surface area contributed by atoms with Gasteiger partial charge in [0.05, 0.1) is 17.1 Å². The van der Waals surface area contributed by atoms with Gasteiger partial charge in [0.25, 0.3) is 0 Å². The number of nitrogens with one attached hydrogen (secondary N) is 1. The second-order valence-corrected chi connectivity index (χ2v) is 6.10. The molecule has 4 heteroatoms. The Morgan fingerprint density at radius 2 is 2.00 bits per heavy atom. The molecule has 0 aliphatic heterocycles. The summed E-state index contributed by atoms with van der Waals surface area (Å²) in [5.41, 5.74) is 12.5. The molecule has 2 rings (SSSR count). The van der Waals surface area contributed by atoms with Crippen molar-refractivity contribution in [2.75, 3.05) is 18.1 Å². The molecular weight excluding hydrogens is 284 g/mol. The van der Waals surface area contributed by atoms with Crippen molar-refractivity contribution in [3.8, 4) is 11.3 Å². The molecule has 0 aliphatic carbocycles. The molecule has 122 valence electrons. The minimum Gasteiger partial charge on any atom is -0.397 e. The monoisotopic (exact) mass is 310 g/mol. The fourth-order valence-electron chi connectivity index (χ4n) is 2.59. The Morgan fingerprint density at radius 3 is 2.52 bits per heavy atom. The zero-order valence-corrected chi connectivity index (χ0v) is 14.7. The Bertz CT molecular complexity index is 732. The van der Waals surface area contributed by atoms with Crippen LogP contribution in [0, 0.1) is 0 Å². The average Bonchev–Trinajstić information content (AvgIpc) is 2.53. The Kier molecular flexibility index (Phi) is 5.04. The number of allylic oxidation sites excluding steroid dienone is 1. The molecule has 0 saturated carbocycles. The highest BCUT2D eigenvalue weighted by molar-refractivity contribution is 5.79. The molecule has 0 aliphatic rings. The number of hydrogen-bond acceptors (Lipinski definition) is 4. The van der Waals surface area contributed by atoms with E-state index in [0.29, 0.717) is 11.6 Å². The number of nitrogen functional groups attached to an aromatic ring is 1. The molecule has 0 aromatic carbocycles. The second kappa shape index (κ2) is 6.82. The number of nitrogens with zero attached hydrogens (tertiary/aromatic N) is 2. The van der Waals surface area contributed by atoms with Crippen LogP contribution in [-0.2, 0) is 6.42 Å². The van der Waals surface area contributed by atoms with Crippen LogP contribution in [0.25, 0.3) is 16.8 Å². The van der Waals surface area contributed by atoms with Crippen LogP contribution in [0.3, 0.4) is 0 Å². The normalized spacial score (nSPS) is 10.9. The number of anilines is 2. The number of hydrogen-bond donors (Lipinski definition) is 2. The molecule has 0 saturated heterocycles. The van der Waals surface area contributed by atoms with Gasteiger partial charge in [0.2, 0.25) is 0 Å². The topological polar surface area (TPSA) is 63.8 Å². The standard InChI is InChI=1S/C19H26N4/c1-7-13-10-15(20)17(12(4)5)23-18(13)14-8-9-16(11(2)3)22-19(14)21-6/h8-11H,4,7,20H2,1-3,5-6H3,(H,21,22). The highest BCUT2D eigenvalue weighted by Gasteiger charge is 2.16. The summed E-state index contributed by atoms with van der Waals surface area (Å²) in [5, 5.41) is 3.20. The van der Waals surface area contributed by atoms with Gasteiger partial charge in [0.1, 0.15) is 5.82 Å². The summed E-state index contributed by atoms with van der Waals surface area (Å²) in [4.78, 5) is 9.53. The summed E-state index contributed by atoms with van der Waals surface area (Å²) in [6.45, 7) is 12.3. The summed E-state index contributed by atoms with van der Waals surface area (Å²) in [5.74, 6) is 1.22. The first-order valence-electron chi connectivity index (χ1n) is 8.03. The number of nitrogens with two attached hydrogens (primary N) is 1. The van der Waals surface area contributed by atoms with Gasteiger partial charge in [0, 0.05) is 18.3 Å². The largest absolute Gasteiger partial charge is 0.397 e. The van der Waals surface area contributed by atoms with Crippen LogP contribution in [0.4, 0.5) is 11.5 Å². The highest BCUT2D eigenvalue weighted by atomic mass is 15.0. The van der Waals surface area contributed by atoms with Gasteiger partial charge in [-0.3, -0.25) is 0 Å². The Morgan fingerprint density at radius 1 is 1.30 bits per heavy atom. The zero-order chi connectivity index (χ0) is 17.1. The van der Waals surface area contributed by atoms with Crippen molar-refractivity contribution in [3.05, 3.63) is 41.7 Å². The fraction of sp³-hybridized carbons (Fsp3) is 0.368. The quantitative estimate of drug-likeness (QED) is 0.854. The Hall–Kier alpha value is -2.36. The summed E-state index contributed by atoms with van der Waals surface area (Å²) in [7, 11) is 1.89. The molecule has 3 N–H and O–H groups in total. The van der Waals surface area contributed by atoms with Gasteiger partial charge in [-0.1, -0.05) is 27.4 Å². The third kappa shape index (κ3) is 3.36. The van der Waals surface area contributed by atoms with Crippen molar-refractivity contribution in [2.45, 2.75) is 40.0 Å². The van der Waals surface area contributed by atoms with E-state index >= 15 is 0 Å². The minimum atomic E-state index is 0.382. The summed E-state index contributed by atoms with van der Waals surface area (Å²) >= 11 is 0. The van der Waals surface area contributed by atoms with E-state index in [1.165, 1.54) is 0 Å². The van der Waals surface area contributed by atoms with E-state index in [0.717, 1.165) is 46.0 Å². The SMILES string of the molecule is C=C(C)c1nc(-c2ccc(C(C)C)nc2NC)c(CC)cc1N. The van der Waals surface area contributed by atoms with Gasteiger partial charge < -0.3 is 11.1 Å². The molecule has 23 heavy (non-hydrogen) atoms. The lowest BCUT2D eigenvalue weighted by Gasteiger charge is -2.16. The van der Waals surface area contributed by atoms with Crippen LogP contribution < -0.4 is 11.1 Å². The maximum atomic E-state index is 6.12. The average molecular weight is 310 g/mol. The molecule has 0 atom stereocenters. The van der Waals surface area contributed by atoms with E-state index in [2.05, 4.69) is 44.8 Å². The first kappa shape index (κ1) is 17.0. The van der Waals surface area contributed by atoms with Gasteiger partial charge in [-0.2, -0.15) is 0 Å². The van der Waals surface area contributed by atoms with E-state index in [-0.39, 0.29) is 0 Å². The van der Waals surface area contributed by atoms with Crippen LogP contribution in [0.2, 0.25) is 0 Å². The molecule has 2 aromatic rings. The van der Waals surface area contributed by atoms with Gasteiger partial charge in [-0.15, -0.1) is 0 Å². The molecular formula is C19H26N4. The van der Waals surface area contributed by atoms with Crippen LogP contribution in [0.15, 0.2) is 24.8 Å². The van der Waals surface area contributed by atoms with Crippen molar-refractivity contribution in [1.29, 1.82) is 0 Å². The van der Waals surface area contributed by atoms with Crippen molar-refractivity contribution >= 4 is 17.1 Å². The Labute approximate surface area is 138 Å². The van der Waals surface area contributed by atoms with E-state index in [4.69, 9.17) is 15.7 Å². The number of aromatic nitrogens is 2. The predicted octanol–water partition coefficient (Wildman–Crippen LogP) is 4.49. The first-order chi connectivity index (χ1) is 10.9. The lowest BCUT2D eigenvalue weighted by Crippen LogP contribution is -2.05. The molecule has 0 amide bonds. The number of aryl methyl sites for hydroxylation is 1. The maximum absolute atomic E-state index is 6.12. The maximum Gasteiger partial charge on any atom is 0.135 e. The third-order valence-corrected chi connectivity index (χ3v) is 3.92. The van der Waals surface area contributed by atoms with Gasteiger partial charge in [0.15, 0.2) is 0 Å². The van der Waals surface area contributed by atoms with Gasteiger partial charge in [-0.05, 0) is 48.6 Å². The molecule has 0 spiro atoms. The van der Waals surface area contributed by atoms with Crippen molar-refractivity contribution in [3.63, 3.8) is 0 Å². The third-order valence-electron chi connectivity index (χ3n) is 3.92. The highest BCUT2D eigenvalue weighted by Crippen LogP contribution is 2.33. The molecule has 4 nitrogen and oxygen atoms in total. The number of pyridine rings is 2. The lowest BCUT2D eigenvalue weighted by atomic mass is 10.00. The molecule has 0 radical (unpaired) electrons. The minimum absolute atomic E-state index is 0.382. The van der Waals surface area contributed by atoms with Crippen LogP contribution in [0.1, 0.15) is 50.6 Å². The summed E-state index contributed by atoms with van der Waals surface area (Å²) < 4.78 is 0. The molecule has 0 bridgehead atoms. The van der Waals surface area contributed by atoms with Crippen molar-refractivity contribution in [2.24, 2.45) is 0 Å². The zero-order valence-electron chi connectivity index (χ0n) is 14.7. The summed E-state index contributed by atoms with van der Waals surface area (Å²) in [6.07, 6.45) is 0.859. The fourth-order valence-corrected chi connectivity index (χ4v) is 2.59. The molecule has 0 fully saturated rings. The lowest BCUT2D eigenvalue weighted by molar-refractivity contribution is 0.824. The second-order valence-electron chi connectivity index (χ2n) is 6.10. The van der Waals surface area contributed by atoms with E-state index in [9.17, 15) is 0 Å². The van der Waals surface area contributed by atoms with E-state index in [1.54, 1.807) is 0 Å².